The lowest BCUT2D eigenvalue weighted by Crippen LogP contribution is -2.07. The molecule has 0 aliphatic heterocycles. The second-order valence-corrected chi connectivity index (χ2v) is 8.57. The molecule has 2 aromatic carbocycles. The normalized spacial score (nSPS) is 11.5. The first kappa shape index (κ1) is 21.1. The van der Waals surface area contributed by atoms with E-state index >= 15 is 0 Å². The van der Waals surface area contributed by atoms with Crippen LogP contribution >= 0.6 is 22.9 Å². The minimum absolute atomic E-state index is 0.251. The van der Waals surface area contributed by atoms with Gasteiger partial charge in [-0.25, -0.2) is 0 Å². The van der Waals surface area contributed by atoms with Crippen molar-refractivity contribution in [2.24, 2.45) is 0 Å². The van der Waals surface area contributed by atoms with Crippen LogP contribution in [-0.2, 0) is 11.2 Å². The van der Waals surface area contributed by atoms with Gasteiger partial charge in [-0.1, -0.05) is 29.9 Å². The number of amides is 1. The molecule has 1 N–H and O–H groups in total. The molecule has 3 heterocycles. The molecule has 33 heavy (non-hydrogen) atoms. The van der Waals surface area contributed by atoms with Crippen molar-refractivity contribution in [2.45, 2.75) is 13.3 Å². The molecule has 0 radical (unpaired) electrons. The molecule has 0 bridgehead atoms. The van der Waals surface area contributed by atoms with Crippen LogP contribution in [-0.4, -0.2) is 25.7 Å². The van der Waals surface area contributed by atoms with Crippen LogP contribution in [0.3, 0.4) is 0 Å². The van der Waals surface area contributed by atoms with Gasteiger partial charge in [0.25, 0.3) is 0 Å². The van der Waals surface area contributed by atoms with Gasteiger partial charge >= 0.3 is 0 Å². The maximum Gasteiger partial charge on any atom is 0.248 e. The molecular formula is C24H18ClN5O2S. The minimum atomic E-state index is -0.251. The fourth-order valence-electron chi connectivity index (χ4n) is 3.24. The minimum Gasteiger partial charge on any atom is -0.457 e. The first-order valence-corrected chi connectivity index (χ1v) is 11.4. The fourth-order valence-corrected chi connectivity index (χ4v) is 4.23. The van der Waals surface area contributed by atoms with Crippen LogP contribution in [0.4, 0.5) is 5.69 Å². The highest BCUT2D eigenvalue weighted by Gasteiger charge is 2.12. The summed E-state index contributed by atoms with van der Waals surface area (Å²) in [5.74, 6) is 1.87. The Balaban J connectivity index is 1.23. The number of furan rings is 1. The van der Waals surface area contributed by atoms with Gasteiger partial charge in [-0.05, 0) is 66.7 Å². The highest BCUT2D eigenvalue weighted by atomic mass is 35.5. The van der Waals surface area contributed by atoms with Gasteiger partial charge in [0.05, 0.1) is 0 Å². The quantitative estimate of drug-likeness (QED) is 0.305. The second kappa shape index (κ2) is 9.01. The summed E-state index contributed by atoms with van der Waals surface area (Å²) in [6, 6.07) is 18.6. The van der Waals surface area contributed by atoms with Crippen LogP contribution in [0.5, 0.6) is 0 Å². The Hall–Kier alpha value is -3.75. The van der Waals surface area contributed by atoms with Gasteiger partial charge < -0.3 is 9.73 Å². The number of carbonyl (C=O) groups is 1. The Morgan fingerprint density at radius 1 is 1.06 bits per heavy atom. The summed E-state index contributed by atoms with van der Waals surface area (Å²) in [6.07, 6.45) is 3.84. The van der Waals surface area contributed by atoms with Crippen molar-refractivity contribution in [1.82, 2.24) is 19.8 Å². The number of hydrogen-bond acceptors (Lipinski definition) is 6. The zero-order chi connectivity index (χ0) is 22.8. The van der Waals surface area contributed by atoms with E-state index < -0.39 is 0 Å². The highest BCUT2D eigenvalue weighted by Crippen LogP contribution is 2.27. The molecule has 164 valence electrons. The first-order valence-electron chi connectivity index (χ1n) is 10.3. The zero-order valence-electron chi connectivity index (χ0n) is 17.5. The molecule has 0 spiro atoms. The molecule has 0 atom stereocenters. The number of anilines is 1. The Labute approximate surface area is 198 Å². The summed E-state index contributed by atoms with van der Waals surface area (Å²) < 4.78 is 7.55. The number of fused-ring (bicyclic) bond motifs is 1. The molecule has 9 heteroatoms. The lowest BCUT2D eigenvalue weighted by atomic mass is 10.2. The van der Waals surface area contributed by atoms with Crippen LogP contribution in [0.25, 0.3) is 32.9 Å². The number of halogens is 1. The molecule has 0 saturated carbocycles. The van der Waals surface area contributed by atoms with E-state index in [0.29, 0.717) is 22.2 Å². The van der Waals surface area contributed by atoms with Gasteiger partial charge in [-0.2, -0.15) is 9.61 Å². The van der Waals surface area contributed by atoms with E-state index in [2.05, 4.69) is 20.6 Å². The third-order valence-corrected chi connectivity index (χ3v) is 6.13. The Kier molecular flexibility index (Phi) is 5.77. The third kappa shape index (κ3) is 4.57. The average molecular weight is 476 g/mol. The van der Waals surface area contributed by atoms with Gasteiger partial charge in [0.15, 0.2) is 5.82 Å². The molecule has 3 aromatic heterocycles. The van der Waals surface area contributed by atoms with Crippen molar-refractivity contribution in [3.63, 3.8) is 0 Å². The van der Waals surface area contributed by atoms with Crippen LogP contribution in [0.2, 0.25) is 5.02 Å². The van der Waals surface area contributed by atoms with Gasteiger partial charge in [0.2, 0.25) is 10.9 Å². The summed E-state index contributed by atoms with van der Waals surface area (Å²) in [6.45, 7) is 2.02. The number of benzene rings is 2. The number of aromatic nitrogens is 4. The predicted molar refractivity (Wildman–Crippen MR) is 130 cm³/mol. The average Bonchev–Trinajstić information content (AvgIpc) is 3.55. The molecule has 1 amide bonds. The fraction of sp³-hybridized carbons (Fsp3) is 0.0833. The molecule has 7 nitrogen and oxygen atoms in total. The lowest BCUT2D eigenvalue weighted by Gasteiger charge is -2.03. The Morgan fingerprint density at radius 3 is 2.58 bits per heavy atom. The maximum absolute atomic E-state index is 12.3. The standard InChI is InChI=1S/C24H18ClN5O2S/c1-2-21-27-28-24-30(21)29-23(33-24)16-5-9-18(10-6-16)26-22(31)14-12-19-11-13-20(32-19)15-3-7-17(25)8-4-15/h3-14H,2H2,1H3,(H,26,31). The van der Waals surface area contributed by atoms with Crippen LogP contribution < -0.4 is 5.32 Å². The summed E-state index contributed by atoms with van der Waals surface area (Å²) >= 11 is 7.40. The van der Waals surface area contributed by atoms with Crippen molar-refractivity contribution >= 4 is 45.6 Å². The molecule has 0 aliphatic rings. The highest BCUT2D eigenvalue weighted by molar-refractivity contribution is 7.19. The molecule has 0 aliphatic carbocycles. The van der Waals surface area contributed by atoms with Crippen molar-refractivity contribution in [2.75, 3.05) is 5.32 Å². The van der Waals surface area contributed by atoms with E-state index in [0.717, 1.165) is 33.3 Å². The Bertz CT molecular complexity index is 1450. The topological polar surface area (TPSA) is 85.3 Å². The van der Waals surface area contributed by atoms with Gasteiger partial charge in [0.1, 0.15) is 16.5 Å². The van der Waals surface area contributed by atoms with Crippen LogP contribution in [0.15, 0.2) is 71.2 Å². The number of carbonyl (C=O) groups excluding carboxylic acids is 1. The zero-order valence-corrected chi connectivity index (χ0v) is 19.1. The largest absolute Gasteiger partial charge is 0.457 e. The third-order valence-electron chi connectivity index (χ3n) is 4.93. The monoisotopic (exact) mass is 475 g/mol. The van der Waals surface area contributed by atoms with E-state index in [4.69, 9.17) is 16.0 Å². The van der Waals surface area contributed by atoms with Crippen LogP contribution in [0.1, 0.15) is 18.5 Å². The Morgan fingerprint density at radius 2 is 1.82 bits per heavy atom. The van der Waals surface area contributed by atoms with E-state index in [1.807, 2.05) is 55.5 Å². The maximum atomic E-state index is 12.3. The number of hydrogen-bond donors (Lipinski definition) is 1. The summed E-state index contributed by atoms with van der Waals surface area (Å²) in [5.41, 5.74) is 2.55. The molecule has 0 fully saturated rings. The van der Waals surface area contributed by atoms with E-state index in [1.54, 1.807) is 22.7 Å². The number of aryl methyl sites for hydroxylation is 1. The van der Waals surface area contributed by atoms with E-state index in [1.165, 1.54) is 17.4 Å². The second-order valence-electron chi connectivity index (χ2n) is 7.18. The van der Waals surface area contributed by atoms with Crippen molar-refractivity contribution in [3.05, 3.63) is 83.3 Å². The molecule has 5 aromatic rings. The van der Waals surface area contributed by atoms with E-state index in [-0.39, 0.29) is 5.91 Å². The molecule has 5 rings (SSSR count). The van der Waals surface area contributed by atoms with Crippen molar-refractivity contribution < 1.29 is 9.21 Å². The van der Waals surface area contributed by atoms with Gasteiger partial charge in [-0.3, -0.25) is 4.79 Å². The van der Waals surface area contributed by atoms with Crippen LogP contribution in [0, 0.1) is 0 Å². The SMILES string of the molecule is CCc1nnc2sc(-c3ccc(NC(=O)C=Cc4ccc(-c5ccc(Cl)cc5)o4)cc3)nn12. The molecular weight excluding hydrogens is 458 g/mol. The van der Waals surface area contributed by atoms with Gasteiger partial charge in [0, 0.05) is 34.3 Å². The van der Waals surface area contributed by atoms with E-state index in [9.17, 15) is 4.79 Å². The summed E-state index contributed by atoms with van der Waals surface area (Å²) in [7, 11) is 0. The van der Waals surface area contributed by atoms with Crippen molar-refractivity contribution in [3.8, 4) is 21.9 Å². The lowest BCUT2D eigenvalue weighted by molar-refractivity contribution is -0.111. The first-order chi connectivity index (χ1) is 16.1. The smallest absolute Gasteiger partial charge is 0.248 e. The predicted octanol–water partition coefficient (Wildman–Crippen LogP) is 5.98. The summed E-state index contributed by atoms with van der Waals surface area (Å²) in [4.78, 5) is 13.1. The molecule has 0 unspecified atom stereocenters. The number of nitrogens with one attached hydrogen (secondary N) is 1. The van der Waals surface area contributed by atoms with Crippen molar-refractivity contribution in [1.29, 1.82) is 0 Å². The number of rotatable bonds is 6. The van der Waals surface area contributed by atoms with Gasteiger partial charge in [-0.15, -0.1) is 10.2 Å². The molecule has 0 saturated heterocycles. The summed E-state index contributed by atoms with van der Waals surface area (Å²) in [5, 5.41) is 17.2. The number of nitrogens with zero attached hydrogens (tertiary/aromatic N) is 4.